The lowest BCUT2D eigenvalue weighted by Gasteiger charge is -2.10. The third-order valence-electron chi connectivity index (χ3n) is 2.59. The Morgan fingerprint density at radius 1 is 1.06 bits per heavy atom. The van der Waals surface area contributed by atoms with Crippen molar-refractivity contribution in [2.75, 3.05) is 0 Å². The smallest absolute Gasteiger partial charge is 0.0635 e. The van der Waals surface area contributed by atoms with Crippen LogP contribution in [0.15, 0.2) is 51.5 Å². The SMILES string of the molecule is OC(Cc1cccc(Br)c1)Cc1ccc(Br)cn1. The van der Waals surface area contributed by atoms with Crippen LogP contribution in [0.2, 0.25) is 0 Å². The summed E-state index contributed by atoms with van der Waals surface area (Å²) in [6.45, 7) is 0. The highest BCUT2D eigenvalue weighted by Gasteiger charge is 2.08. The minimum absolute atomic E-state index is 0.409. The Morgan fingerprint density at radius 3 is 2.56 bits per heavy atom. The summed E-state index contributed by atoms with van der Waals surface area (Å²) < 4.78 is 1.99. The molecule has 1 aromatic heterocycles. The van der Waals surface area contributed by atoms with Gasteiger partial charge in [-0.1, -0.05) is 28.1 Å². The number of halogens is 2. The minimum atomic E-state index is -0.409. The van der Waals surface area contributed by atoms with Gasteiger partial charge in [0.2, 0.25) is 0 Å². The van der Waals surface area contributed by atoms with Crippen molar-refractivity contribution in [2.45, 2.75) is 18.9 Å². The van der Waals surface area contributed by atoms with Gasteiger partial charge < -0.3 is 5.11 Å². The molecule has 0 fully saturated rings. The van der Waals surface area contributed by atoms with Crippen LogP contribution in [0.4, 0.5) is 0 Å². The highest BCUT2D eigenvalue weighted by Crippen LogP contribution is 2.15. The fourth-order valence-electron chi connectivity index (χ4n) is 1.78. The van der Waals surface area contributed by atoms with Gasteiger partial charge in [-0.2, -0.15) is 0 Å². The van der Waals surface area contributed by atoms with Crippen molar-refractivity contribution in [3.63, 3.8) is 0 Å². The molecule has 0 aliphatic rings. The second-order valence-corrected chi connectivity index (χ2v) is 5.99. The van der Waals surface area contributed by atoms with E-state index < -0.39 is 6.10 Å². The molecule has 0 bridgehead atoms. The van der Waals surface area contributed by atoms with E-state index in [4.69, 9.17) is 0 Å². The number of rotatable bonds is 4. The number of nitrogens with zero attached hydrogens (tertiary/aromatic N) is 1. The maximum absolute atomic E-state index is 10.0. The Kier molecular flexibility index (Phi) is 4.92. The average Bonchev–Trinajstić information content (AvgIpc) is 2.32. The predicted molar refractivity (Wildman–Crippen MR) is 79.5 cm³/mol. The lowest BCUT2D eigenvalue weighted by molar-refractivity contribution is 0.174. The summed E-state index contributed by atoms with van der Waals surface area (Å²) in [7, 11) is 0. The summed E-state index contributed by atoms with van der Waals surface area (Å²) in [5, 5.41) is 10.0. The van der Waals surface area contributed by atoms with Crippen LogP contribution in [-0.2, 0) is 12.8 Å². The lowest BCUT2D eigenvalue weighted by atomic mass is 10.0. The molecule has 2 nitrogen and oxygen atoms in total. The third-order valence-corrected chi connectivity index (χ3v) is 3.56. The van der Waals surface area contributed by atoms with Crippen LogP contribution in [0.25, 0.3) is 0 Å². The summed E-state index contributed by atoms with van der Waals surface area (Å²) >= 11 is 6.77. The zero-order valence-electron chi connectivity index (χ0n) is 9.68. The molecule has 2 rings (SSSR count). The number of aromatic nitrogens is 1. The quantitative estimate of drug-likeness (QED) is 0.888. The van der Waals surface area contributed by atoms with Crippen molar-refractivity contribution in [3.8, 4) is 0 Å². The minimum Gasteiger partial charge on any atom is -0.392 e. The van der Waals surface area contributed by atoms with Gasteiger partial charge >= 0.3 is 0 Å². The van der Waals surface area contributed by atoms with Crippen molar-refractivity contribution in [2.24, 2.45) is 0 Å². The van der Waals surface area contributed by atoms with Crippen LogP contribution in [0.5, 0.6) is 0 Å². The standard InChI is InChI=1S/C14H13Br2NO/c15-11-3-1-2-10(6-11)7-14(18)8-13-5-4-12(16)9-17-13/h1-6,9,14,18H,7-8H2. The van der Waals surface area contributed by atoms with Gasteiger partial charge in [0.25, 0.3) is 0 Å². The number of hydrogen-bond acceptors (Lipinski definition) is 2. The monoisotopic (exact) mass is 369 g/mol. The molecular weight excluding hydrogens is 358 g/mol. The van der Waals surface area contributed by atoms with Gasteiger partial charge in [-0.3, -0.25) is 4.98 Å². The van der Waals surface area contributed by atoms with E-state index in [9.17, 15) is 5.11 Å². The summed E-state index contributed by atoms with van der Waals surface area (Å²) in [5.41, 5.74) is 2.02. The molecule has 0 saturated carbocycles. The molecule has 1 unspecified atom stereocenters. The van der Waals surface area contributed by atoms with Crippen LogP contribution in [-0.4, -0.2) is 16.2 Å². The highest BCUT2D eigenvalue weighted by molar-refractivity contribution is 9.10. The summed E-state index contributed by atoms with van der Waals surface area (Å²) in [6.07, 6.45) is 2.55. The largest absolute Gasteiger partial charge is 0.392 e. The van der Waals surface area contributed by atoms with Gasteiger partial charge in [0.05, 0.1) is 6.10 Å². The van der Waals surface area contributed by atoms with E-state index in [0.29, 0.717) is 12.8 Å². The molecule has 18 heavy (non-hydrogen) atoms. The molecule has 0 amide bonds. The van der Waals surface area contributed by atoms with E-state index in [1.165, 1.54) is 0 Å². The van der Waals surface area contributed by atoms with Crippen LogP contribution < -0.4 is 0 Å². The zero-order valence-corrected chi connectivity index (χ0v) is 12.9. The van der Waals surface area contributed by atoms with Crippen molar-refractivity contribution < 1.29 is 5.11 Å². The van der Waals surface area contributed by atoms with E-state index >= 15 is 0 Å². The molecular formula is C14H13Br2NO. The maximum atomic E-state index is 10.0. The van der Waals surface area contributed by atoms with E-state index in [1.54, 1.807) is 6.20 Å². The van der Waals surface area contributed by atoms with Crippen LogP contribution >= 0.6 is 31.9 Å². The molecule has 2 aromatic rings. The van der Waals surface area contributed by atoms with Gasteiger partial charge in [-0.25, -0.2) is 0 Å². The van der Waals surface area contributed by atoms with Gasteiger partial charge in [-0.05, 0) is 52.2 Å². The maximum Gasteiger partial charge on any atom is 0.0635 e. The fraction of sp³-hybridized carbons (Fsp3) is 0.214. The Hall–Kier alpha value is -0.710. The van der Waals surface area contributed by atoms with E-state index in [1.807, 2.05) is 36.4 Å². The molecule has 0 radical (unpaired) electrons. The van der Waals surface area contributed by atoms with Crippen LogP contribution in [0.1, 0.15) is 11.3 Å². The first kappa shape index (κ1) is 13.7. The molecule has 1 heterocycles. The molecule has 94 valence electrons. The third kappa shape index (κ3) is 4.19. The molecule has 1 atom stereocenters. The molecule has 0 aliphatic heterocycles. The number of aliphatic hydroxyl groups excluding tert-OH is 1. The summed E-state index contributed by atoms with van der Waals surface area (Å²) in [5.74, 6) is 0. The first-order chi connectivity index (χ1) is 8.63. The Balaban J connectivity index is 1.96. The van der Waals surface area contributed by atoms with Crippen molar-refractivity contribution >= 4 is 31.9 Å². The molecule has 0 spiro atoms. The summed E-state index contributed by atoms with van der Waals surface area (Å²) in [6, 6.07) is 11.9. The molecule has 0 aliphatic carbocycles. The topological polar surface area (TPSA) is 33.1 Å². The van der Waals surface area contributed by atoms with Crippen molar-refractivity contribution in [3.05, 3.63) is 62.8 Å². The van der Waals surface area contributed by atoms with Crippen LogP contribution in [0, 0.1) is 0 Å². The normalized spacial score (nSPS) is 12.4. The van der Waals surface area contributed by atoms with E-state index in [0.717, 1.165) is 20.2 Å². The average molecular weight is 371 g/mol. The van der Waals surface area contributed by atoms with Crippen molar-refractivity contribution in [1.82, 2.24) is 4.98 Å². The van der Waals surface area contributed by atoms with E-state index in [2.05, 4.69) is 36.8 Å². The van der Waals surface area contributed by atoms with Gasteiger partial charge in [0.15, 0.2) is 0 Å². The molecule has 0 saturated heterocycles. The molecule has 1 aromatic carbocycles. The highest BCUT2D eigenvalue weighted by atomic mass is 79.9. The molecule has 4 heteroatoms. The zero-order chi connectivity index (χ0) is 13.0. The number of benzene rings is 1. The van der Waals surface area contributed by atoms with Crippen LogP contribution in [0.3, 0.4) is 0 Å². The Morgan fingerprint density at radius 2 is 1.89 bits per heavy atom. The first-order valence-corrected chi connectivity index (χ1v) is 7.25. The Labute approximate surface area is 123 Å². The van der Waals surface area contributed by atoms with Gasteiger partial charge in [0.1, 0.15) is 0 Å². The van der Waals surface area contributed by atoms with E-state index in [-0.39, 0.29) is 0 Å². The Bertz CT molecular complexity index is 513. The summed E-state index contributed by atoms with van der Waals surface area (Å²) in [4.78, 5) is 4.26. The second-order valence-electron chi connectivity index (χ2n) is 4.16. The van der Waals surface area contributed by atoms with Crippen molar-refractivity contribution in [1.29, 1.82) is 0 Å². The number of hydrogen-bond donors (Lipinski definition) is 1. The number of aliphatic hydroxyl groups is 1. The second kappa shape index (κ2) is 6.45. The molecule has 1 N–H and O–H groups in total. The first-order valence-electron chi connectivity index (χ1n) is 5.66. The fourth-order valence-corrected chi connectivity index (χ4v) is 2.46. The lowest BCUT2D eigenvalue weighted by Crippen LogP contribution is -2.14. The number of pyridine rings is 1. The predicted octanol–water partition coefficient (Wildman–Crippen LogP) is 3.75. The van der Waals surface area contributed by atoms with Gasteiger partial charge in [0, 0.05) is 27.3 Å². The van der Waals surface area contributed by atoms with Gasteiger partial charge in [-0.15, -0.1) is 0 Å².